The van der Waals surface area contributed by atoms with Crippen LogP contribution in [0.3, 0.4) is 0 Å². The van der Waals surface area contributed by atoms with Crippen molar-refractivity contribution < 1.29 is 4.79 Å². The van der Waals surface area contributed by atoms with Crippen molar-refractivity contribution >= 4 is 27.6 Å². The maximum atomic E-state index is 12.3. The molecule has 4 heteroatoms. The molecule has 0 unspecified atom stereocenters. The Hall–Kier alpha value is -1.81. The molecule has 0 spiro atoms. The van der Waals surface area contributed by atoms with Crippen molar-refractivity contribution in [1.29, 1.82) is 0 Å². The third-order valence-electron chi connectivity index (χ3n) is 3.45. The van der Waals surface area contributed by atoms with Gasteiger partial charge in [-0.2, -0.15) is 0 Å². The molecule has 1 N–H and O–H groups in total. The fourth-order valence-corrected chi connectivity index (χ4v) is 2.79. The van der Waals surface area contributed by atoms with E-state index in [0.29, 0.717) is 13.1 Å². The molecule has 0 aliphatic carbocycles. The molecule has 2 rings (SSSR count). The van der Waals surface area contributed by atoms with Crippen LogP contribution < -0.4 is 10.2 Å². The summed E-state index contributed by atoms with van der Waals surface area (Å²) in [4.78, 5) is 14.1. The second kappa shape index (κ2) is 7.99. The topological polar surface area (TPSA) is 32.3 Å². The minimum absolute atomic E-state index is 0.0527. The van der Waals surface area contributed by atoms with Crippen LogP contribution in [-0.4, -0.2) is 19.1 Å². The predicted octanol–water partition coefficient (Wildman–Crippen LogP) is 4.54. The lowest BCUT2D eigenvalue weighted by molar-refractivity contribution is 0.246. The standard InChI is InChI=1S/C18H21BrN2O/c1-3-21(17-9-4-6-14(2)12-17)18(22)20-11-10-15-7-5-8-16(19)13-15/h4-9,12-13H,3,10-11H2,1-2H3,(H,20,22). The summed E-state index contributed by atoms with van der Waals surface area (Å²) in [6, 6.07) is 16.1. The van der Waals surface area contributed by atoms with Crippen LogP contribution in [0.2, 0.25) is 0 Å². The average molecular weight is 361 g/mol. The second-order valence-corrected chi connectivity index (χ2v) is 6.11. The minimum Gasteiger partial charge on any atom is -0.337 e. The van der Waals surface area contributed by atoms with Crippen LogP contribution in [0, 0.1) is 6.92 Å². The lowest BCUT2D eigenvalue weighted by atomic mass is 10.1. The van der Waals surface area contributed by atoms with Crippen LogP contribution in [0.1, 0.15) is 18.1 Å². The molecule has 0 saturated carbocycles. The first-order valence-electron chi connectivity index (χ1n) is 7.46. The van der Waals surface area contributed by atoms with Gasteiger partial charge in [-0.3, -0.25) is 4.90 Å². The summed E-state index contributed by atoms with van der Waals surface area (Å²) in [7, 11) is 0. The molecule has 2 aromatic carbocycles. The minimum atomic E-state index is -0.0527. The summed E-state index contributed by atoms with van der Waals surface area (Å²) in [5.41, 5.74) is 3.29. The van der Waals surface area contributed by atoms with E-state index < -0.39 is 0 Å². The molecular weight excluding hydrogens is 340 g/mol. The van der Waals surface area contributed by atoms with Crippen molar-refractivity contribution in [2.75, 3.05) is 18.0 Å². The summed E-state index contributed by atoms with van der Waals surface area (Å²) in [5.74, 6) is 0. The molecule has 0 heterocycles. The fraction of sp³-hybridized carbons (Fsp3) is 0.278. The van der Waals surface area contributed by atoms with Crippen LogP contribution in [-0.2, 0) is 6.42 Å². The highest BCUT2D eigenvalue weighted by molar-refractivity contribution is 9.10. The number of carbonyl (C=O) groups is 1. The third kappa shape index (κ3) is 4.60. The van der Waals surface area contributed by atoms with E-state index in [-0.39, 0.29) is 6.03 Å². The number of nitrogens with zero attached hydrogens (tertiary/aromatic N) is 1. The van der Waals surface area contributed by atoms with Gasteiger partial charge >= 0.3 is 6.03 Å². The highest BCUT2D eigenvalue weighted by atomic mass is 79.9. The summed E-state index contributed by atoms with van der Waals surface area (Å²) in [5, 5.41) is 2.99. The summed E-state index contributed by atoms with van der Waals surface area (Å²) in [6.45, 7) is 5.28. The molecule has 0 radical (unpaired) electrons. The molecule has 2 amide bonds. The van der Waals surface area contributed by atoms with Crippen LogP contribution in [0.15, 0.2) is 53.0 Å². The molecule has 0 aliphatic heterocycles. The molecule has 116 valence electrons. The molecule has 3 nitrogen and oxygen atoms in total. The molecule has 22 heavy (non-hydrogen) atoms. The summed E-state index contributed by atoms with van der Waals surface area (Å²) >= 11 is 3.46. The molecule has 0 saturated heterocycles. The van der Waals surface area contributed by atoms with Gasteiger partial charge in [0.25, 0.3) is 0 Å². The Bertz CT molecular complexity index is 642. The van der Waals surface area contributed by atoms with Crippen LogP contribution in [0.4, 0.5) is 10.5 Å². The van der Waals surface area contributed by atoms with E-state index in [9.17, 15) is 4.79 Å². The first-order chi connectivity index (χ1) is 10.6. The van der Waals surface area contributed by atoms with Gasteiger partial charge in [-0.05, 0) is 55.7 Å². The Morgan fingerprint density at radius 1 is 1.18 bits per heavy atom. The van der Waals surface area contributed by atoms with E-state index in [1.165, 1.54) is 5.56 Å². The Kier molecular flexibility index (Phi) is 6.01. The van der Waals surface area contributed by atoms with Gasteiger partial charge in [0.15, 0.2) is 0 Å². The maximum absolute atomic E-state index is 12.3. The zero-order valence-corrected chi connectivity index (χ0v) is 14.6. The number of anilines is 1. The van der Waals surface area contributed by atoms with Gasteiger partial charge in [-0.25, -0.2) is 4.79 Å². The smallest absolute Gasteiger partial charge is 0.321 e. The Morgan fingerprint density at radius 2 is 1.95 bits per heavy atom. The van der Waals surface area contributed by atoms with Crippen LogP contribution in [0.25, 0.3) is 0 Å². The van der Waals surface area contributed by atoms with Crippen molar-refractivity contribution in [3.8, 4) is 0 Å². The van der Waals surface area contributed by atoms with Crippen molar-refractivity contribution in [1.82, 2.24) is 5.32 Å². The van der Waals surface area contributed by atoms with E-state index in [4.69, 9.17) is 0 Å². The van der Waals surface area contributed by atoms with Crippen molar-refractivity contribution in [2.45, 2.75) is 20.3 Å². The van der Waals surface area contributed by atoms with Crippen LogP contribution >= 0.6 is 15.9 Å². The average Bonchev–Trinajstić information content (AvgIpc) is 2.48. The number of halogens is 1. The quantitative estimate of drug-likeness (QED) is 0.833. The molecule has 0 fully saturated rings. The number of hydrogen-bond donors (Lipinski definition) is 1. The Labute approximate surface area is 140 Å². The number of urea groups is 1. The molecule has 0 bridgehead atoms. The molecule has 0 atom stereocenters. The van der Waals surface area contributed by atoms with Gasteiger partial charge in [0, 0.05) is 23.2 Å². The monoisotopic (exact) mass is 360 g/mol. The van der Waals surface area contributed by atoms with Crippen molar-refractivity contribution in [2.24, 2.45) is 0 Å². The lowest BCUT2D eigenvalue weighted by Crippen LogP contribution is -2.40. The molecular formula is C18H21BrN2O. The number of amides is 2. The first-order valence-corrected chi connectivity index (χ1v) is 8.26. The van der Waals surface area contributed by atoms with Crippen molar-refractivity contribution in [3.63, 3.8) is 0 Å². The van der Waals surface area contributed by atoms with Gasteiger partial charge in [-0.1, -0.05) is 40.2 Å². The molecule has 2 aromatic rings. The van der Waals surface area contributed by atoms with Crippen LogP contribution in [0.5, 0.6) is 0 Å². The Morgan fingerprint density at radius 3 is 2.64 bits per heavy atom. The van der Waals surface area contributed by atoms with Gasteiger partial charge < -0.3 is 5.32 Å². The number of benzene rings is 2. The number of nitrogens with one attached hydrogen (secondary N) is 1. The third-order valence-corrected chi connectivity index (χ3v) is 3.95. The van der Waals surface area contributed by atoms with E-state index in [1.807, 2.05) is 50.2 Å². The van der Waals surface area contributed by atoms with Gasteiger partial charge in [0.2, 0.25) is 0 Å². The number of aryl methyl sites for hydroxylation is 1. The van der Waals surface area contributed by atoms with Gasteiger partial charge in [0.05, 0.1) is 0 Å². The van der Waals surface area contributed by atoms with E-state index in [0.717, 1.165) is 22.1 Å². The summed E-state index contributed by atoms with van der Waals surface area (Å²) < 4.78 is 1.06. The van der Waals surface area contributed by atoms with E-state index in [1.54, 1.807) is 4.90 Å². The number of carbonyl (C=O) groups excluding carboxylic acids is 1. The number of rotatable bonds is 5. The SMILES string of the molecule is CCN(C(=O)NCCc1cccc(Br)c1)c1cccc(C)c1. The lowest BCUT2D eigenvalue weighted by Gasteiger charge is -2.22. The number of hydrogen-bond acceptors (Lipinski definition) is 1. The summed E-state index contributed by atoms with van der Waals surface area (Å²) in [6.07, 6.45) is 0.816. The fourth-order valence-electron chi connectivity index (χ4n) is 2.34. The van der Waals surface area contributed by atoms with E-state index in [2.05, 4.69) is 33.4 Å². The molecule has 0 aromatic heterocycles. The maximum Gasteiger partial charge on any atom is 0.321 e. The van der Waals surface area contributed by atoms with Gasteiger partial charge in [-0.15, -0.1) is 0 Å². The van der Waals surface area contributed by atoms with Gasteiger partial charge in [0.1, 0.15) is 0 Å². The van der Waals surface area contributed by atoms with E-state index >= 15 is 0 Å². The Balaban J connectivity index is 1.92. The highest BCUT2D eigenvalue weighted by Crippen LogP contribution is 2.16. The predicted molar refractivity (Wildman–Crippen MR) is 95.4 cm³/mol. The normalized spacial score (nSPS) is 10.3. The molecule has 0 aliphatic rings. The zero-order valence-electron chi connectivity index (χ0n) is 13.0. The van der Waals surface area contributed by atoms with Crippen molar-refractivity contribution in [3.05, 3.63) is 64.1 Å². The second-order valence-electron chi connectivity index (χ2n) is 5.20. The zero-order chi connectivity index (χ0) is 15.9. The first kappa shape index (κ1) is 16.6. The largest absolute Gasteiger partial charge is 0.337 e. The highest BCUT2D eigenvalue weighted by Gasteiger charge is 2.13.